The van der Waals surface area contributed by atoms with E-state index >= 15 is 0 Å². The minimum Gasteiger partial charge on any atom is -0.219 e. The highest BCUT2D eigenvalue weighted by Gasteiger charge is 2.52. The smallest absolute Gasteiger partial charge is 0.206 e. The Morgan fingerprint density at radius 3 is 1.20 bits per heavy atom. The molecule has 0 radical (unpaired) electrons. The van der Waals surface area contributed by atoms with E-state index in [4.69, 9.17) is 0 Å². The van der Waals surface area contributed by atoms with E-state index in [9.17, 15) is 16.8 Å². The Bertz CT molecular complexity index is 1550. The van der Waals surface area contributed by atoms with Gasteiger partial charge in [0, 0.05) is 0 Å². The largest absolute Gasteiger partial charge is 0.219 e. The van der Waals surface area contributed by atoms with Crippen LogP contribution in [-0.4, -0.2) is 18.9 Å². The van der Waals surface area contributed by atoms with Gasteiger partial charge in [0.2, 0.25) is 19.7 Å². The van der Waals surface area contributed by atoms with Gasteiger partial charge in [0.1, 0.15) is 0 Å². The van der Waals surface area contributed by atoms with E-state index in [0.717, 1.165) is 19.6 Å². The second kappa shape index (κ2) is 8.62. The quantitative estimate of drug-likeness (QED) is 0.192. The number of hydrogen-bond acceptors (Lipinski definition) is 8. The molecule has 0 aromatic heterocycles. The van der Waals surface area contributed by atoms with Crippen molar-refractivity contribution in [1.29, 1.82) is 0 Å². The SMILES string of the molecule is O=S(=O)(c1ccccc1)c1ccc2c(c1)S[N+]1(S2)Sc2ccc(S(=O)(=O)c3ccccc3)cc2S1. The molecule has 0 unspecified atom stereocenters. The first kappa shape index (κ1) is 23.5. The van der Waals surface area contributed by atoms with Crippen LogP contribution in [0.1, 0.15) is 0 Å². The van der Waals surface area contributed by atoms with Gasteiger partial charge in [-0.15, -0.1) is 0 Å². The molecule has 0 saturated heterocycles. The molecule has 4 aromatic carbocycles. The summed E-state index contributed by atoms with van der Waals surface area (Å²) in [6.45, 7) is 0. The monoisotopic (exact) mass is 574 g/mol. The maximum Gasteiger partial charge on any atom is 0.206 e. The molecule has 35 heavy (non-hydrogen) atoms. The van der Waals surface area contributed by atoms with Crippen LogP contribution in [0, 0.1) is 0 Å². The Kier molecular flexibility index (Phi) is 5.79. The van der Waals surface area contributed by atoms with Crippen LogP contribution >= 0.6 is 47.8 Å². The molecular formula is C24H16NO4S6+. The molecule has 11 heteroatoms. The van der Waals surface area contributed by atoms with Crippen molar-refractivity contribution in [1.82, 2.24) is 0 Å². The standard InChI is InChI=1S/C24H16NO4S6/c26-34(27,17-7-3-1-4-8-17)19-11-13-21-23(15-19)32-25(30-21)31-22-14-12-20(16-24(22)33-25)35(28,29)18-9-5-2-6-10-18/h1-16H/q+1. The Morgan fingerprint density at radius 2 is 0.800 bits per heavy atom. The first-order valence-electron chi connectivity index (χ1n) is 10.3. The molecule has 1 spiro atoms. The lowest BCUT2D eigenvalue weighted by Crippen LogP contribution is -2.05. The van der Waals surface area contributed by atoms with Crippen LogP contribution in [0.3, 0.4) is 0 Å². The summed E-state index contributed by atoms with van der Waals surface area (Å²) in [6, 6.07) is 27.3. The van der Waals surface area contributed by atoms with Crippen LogP contribution in [0.2, 0.25) is 0 Å². The van der Waals surface area contributed by atoms with Crippen molar-refractivity contribution >= 4 is 67.5 Å². The van der Waals surface area contributed by atoms with Gasteiger partial charge in [0.05, 0.1) is 39.2 Å². The molecule has 2 heterocycles. The van der Waals surface area contributed by atoms with Gasteiger partial charge in [0.25, 0.3) is 0 Å². The van der Waals surface area contributed by atoms with Crippen LogP contribution in [0.4, 0.5) is 0 Å². The van der Waals surface area contributed by atoms with Crippen molar-refractivity contribution in [2.45, 2.75) is 39.2 Å². The van der Waals surface area contributed by atoms with Crippen LogP contribution in [0.5, 0.6) is 0 Å². The predicted octanol–water partition coefficient (Wildman–Crippen LogP) is 6.92. The Morgan fingerprint density at radius 1 is 0.429 bits per heavy atom. The Labute approximate surface area is 221 Å². The summed E-state index contributed by atoms with van der Waals surface area (Å²) < 4.78 is 52.8. The lowest BCUT2D eigenvalue weighted by Gasteiger charge is -2.14. The molecule has 176 valence electrons. The second-order valence-corrected chi connectivity index (χ2v) is 17.6. The van der Waals surface area contributed by atoms with E-state index in [1.54, 1.807) is 133 Å². The molecule has 0 atom stereocenters. The minimum atomic E-state index is -3.61. The highest BCUT2D eigenvalue weighted by atomic mass is 32.3. The first-order valence-corrected chi connectivity index (χ1v) is 16.4. The minimum absolute atomic E-state index is 0.263. The maximum absolute atomic E-state index is 13.1. The van der Waals surface area contributed by atoms with E-state index in [0.29, 0.717) is 2.10 Å². The van der Waals surface area contributed by atoms with E-state index in [-0.39, 0.29) is 19.6 Å². The highest BCUT2D eigenvalue weighted by molar-refractivity contribution is 8.31. The number of fused-ring (bicyclic) bond motifs is 2. The molecule has 0 amide bonds. The maximum atomic E-state index is 13.1. The lowest BCUT2D eigenvalue weighted by atomic mass is 10.4. The fourth-order valence-corrected chi connectivity index (χ4v) is 12.9. The van der Waals surface area contributed by atoms with Crippen molar-refractivity contribution in [3.05, 3.63) is 97.1 Å². The normalized spacial score (nSPS) is 16.2. The number of hydrogen-bond donors (Lipinski definition) is 0. The van der Waals surface area contributed by atoms with Crippen LogP contribution < -0.4 is 0 Å². The average Bonchev–Trinajstić information content (AvgIpc) is 3.41. The zero-order valence-corrected chi connectivity index (χ0v) is 22.7. The third-order valence-corrected chi connectivity index (χ3v) is 14.9. The number of sulfone groups is 2. The van der Waals surface area contributed by atoms with Crippen LogP contribution in [-0.2, 0) is 19.7 Å². The van der Waals surface area contributed by atoms with Gasteiger partial charge in [-0.2, -0.15) is 0 Å². The fraction of sp³-hybridized carbons (Fsp3) is 0. The molecule has 0 bridgehead atoms. The first-order chi connectivity index (χ1) is 16.8. The Hall–Kier alpha value is -1.86. The predicted molar refractivity (Wildman–Crippen MR) is 140 cm³/mol. The summed E-state index contributed by atoms with van der Waals surface area (Å²) in [5, 5.41) is 0. The summed E-state index contributed by atoms with van der Waals surface area (Å²) in [6.07, 6.45) is 0. The van der Waals surface area contributed by atoms with Gasteiger partial charge < -0.3 is 0 Å². The zero-order chi connectivity index (χ0) is 24.3. The third kappa shape index (κ3) is 4.12. The molecule has 0 aliphatic carbocycles. The number of quaternary nitrogens is 1. The molecular weight excluding hydrogens is 559 g/mol. The third-order valence-electron chi connectivity index (χ3n) is 5.40. The fourth-order valence-electron chi connectivity index (χ4n) is 3.67. The second-order valence-electron chi connectivity index (χ2n) is 7.66. The number of benzene rings is 4. The number of rotatable bonds is 4. The van der Waals surface area contributed by atoms with Crippen LogP contribution in [0.15, 0.2) is 136 Å². The van der Waals surface area contributed by atoms with Crippen molar-refractivity contribution in [3.8, 4) is 0 Å². The van der Waals surface area contributed by atoms with E-state index in [1.807, 2.05) is 12.1 Å². The molecule has 4 aromatic rings. The molecule has 0 fully saturated rings. The summed E-state index contributed by atoms with van der Waals surface area (Å²) in [4.78, 5) is 4.82. The van der Waals surface area contributed by atoms with Gasteiger partial charge >= 0.3 is 0 Å². The van der Waals surface area contributed by atoms with Gasteiger partial charge in [-0.05, 0) is 60.7 Å². The number of nitrogens with zero attached hydrogens (tertiary/aromatic N) is 1. The average molecular weight is 575 g/mol. The van der Waals surface area contributed by atoms with Crippen molar-refractivity contribution in [2.24, 2.45) is 0 Å². The van der Waals surface area contributed by atoms with Crippen LogP contribution in [0.25, 0.3) is 0 Å². The van der Waals surface area contributed by atoms with E-state index in [2.05, 4.69) is 0 Å². The summed E-state index contributed by atoms with van der Waals surface area (Å²) in [5.74, 6) is 0. The van der Waals surface area contributed by atoms with E-state index < -0.39 is 19.7 Å². The topological polar surface area (TPSA) is 68.3 Å². The summed E-state index contributed by atoms with van der Waals surface area (Å²) in [7, 11) is -7.21. The van der Waals surface area contributed by atoms with Crippen molar-refractivity contribution in [3.63, 3.8) is 0 Å². The van der Waals surface area contributed by atoms with Gasteiger partial charge in [0.15, 0.2) is 47.8 Å². The zero-order valence-electron chi connectivity index (χ0n) is 17.8. The highest BCUT2D eigenvalue weighted by Crippen LogP contribution is 2.71. The molecule has 5 nitrogen and oxygen atoms in total. The molecule has 6 rings (SSSR count). The van der Waals surface area contributed by atoms with E-state index in [1.165, 1.54) is 0 Å². The van der Waals surface area contributed by atoms with Crippen molar-refractivity contribution < 1.29 is 18.9 Å². The summed E-state index contributed by atoms with van der Waals surface area (Å²) >= 11 is 6.32. The molecule has 0 saturated carbocycles. The van der Waals surface area contributed by atoms with Gasteiger partial charge in [-0.1, -0.05) is 38.5 Å². The summed E-state index contributed by atoms with van der Waals surface area (Å²) in [5.41, 5.74) is 0. The Balaban J connectivity index is 1.29. The van der Waals surface area contributed by atoms with Gasteiger partial charge in [-0.3, -0.25) is 0 Å². The molecule has 0 N–H and O–H groups in total. The van der Waals surface area contributed by atoms with Gasteiger partial charge in [-0.25, -0.2) is 16.8 Å². The van der Waals surface area contributed by atoms with Crippen molar-refractivity contribution in [2.75, 3.05) is 0 Å². The molecule has 2 aliphatic rings. The lowest BCUT2D eigenvalue weighted by molar-refractivity contribution is -0.267. The molecule has 2 aliphatic heterocycles.